The molecule has 0 aromatic heterocycles. The van der Waals surface area contributed by atoms with Gasteiger partial charge in [0.2, 0.25) is 0 Å². The Bertz CT molecular complexity index is 1360. The summed E-state index contributed by atoms with van der Waals surface area (Å²) in [5.41, 5.74) is -2.87. The van der Waals surface area contributed by atoms with E-state index in [1.165, 1.54) is 0 Å². The number of hydrogen-bond acceptors (Lipinski definition) is 9. The van der Waals surface area contributed by atoms with Crippen LogP contribution < -0.4 is 0 Å². The summed E-state index contributed by atoms with van der Waals surface area (Å²) in [5, 5.41) is 10.2. The standard InChI is InChI=1S/C38H48O10/c39-29-23-1-20-2-24(29)11-36(8-20,10-23)32(43)45-16-34(17-46-33(44)37-9-21-3-25(12-37)30(40)26(4-21)13-37)18-47-38(48-19-34)27-5-22-6-28(38)15-35(7-22,14-27)31(41)42/h20-28H,1-19H2,(H,41,42). The highest BCUT2D eigenvalue weighted by Crippen LogP contribution is 2.66. The molecule has 6 atom stereocenters. The van der Waals surface area contributed by atoms with E-state index in [1.54, 1.807) is 0 Å². The average molecular weight is 665 g/mol. The van der Waals surface area contributed by atoms with Crippen LogP contribution in [0.25, 0.3) is 0 Å². The maximum Gasteiger partial charge on any atom is 0.312 e. The number of carboxylic acid groups (broad SMARTS) is 1. The highest BCUT2D eigenvalue weighted by Gasteiger charge is 2.68. The monoisotopic (exact) mass is 664 g/mol. The zero-order valence-electron chi connectivity index (χ0n) is 27.8. The largest absolute Gasteiger partial charge is 0.481 e. The molecule has 10 nitrogen and oxygen atoms in total. The minimum Gasteiger partial charge on any atom is -0.481 e. The molecule has 1 heterocycles. The Morgan fingerprint density at radius 2 is 0.979 bits per heavy atom. The molecule has 1 N–H and O–H groups in total. The number of hydrogen-bond donors (Lipinski definition) is 1. The van der Waals surface area contributed by atoms with Crippen molar-refractivity contribution in [3.8, 4) is 0 Å². The molecule has 260 valence electrons. The lowest BCUT2D eigenvalue weighted by atomic mass is 9.47. The topological polar surface area (TPSA) is 142 Å². The summed E-state index contributed by atoms with van der Waals surface area (Å²) in [7, 11) is 0. The van der Waals surface area contributed by atoms with Crippen LogP contribution in [0.15, 0.2) is 0 Å². The van der Waals surface area contributed by atoms with E-state index >= 15 is 0 Å². The predicted molar refractivity (Wildman–Crippen MR) is 165 cm³/mol. The third-order valence-electron chi connectivity index (χ3n) is 15.9. The third-order valence-corrected chi connectivity index (χ3v) is 15.9. The van der Waals surface area contributed by atoms with Crippen LogP contribution in [0.4, 0.5) is 0 Å². The number of carbonyl (C=O) groups is 5. The first kappa shape index (κ1) is 30.5. The normalized spacial score (nSPS) is 53.5. The molecule has 13 fully saturated rings. The van der Waals surface area contributed by atoms with Crippen LogP contribution in [0.3, 0.4) is 0 Å². The molecule has 1 spiro atoms. The average Bonchev–Trinajstić information content (AvgIpc) is 3.06. The van der Waals surface area contributed by atoms with Crippen molar-refractivity contribution in [2.45, 2.75) is 102 Å². The van der Waals surface area contributed by atoms with Crippen LogP contribution in [-0.2, 0) is 42.9 Å². The quantitative estimate of drug-likeness (QED) is 0.387. The minimum atomic E-state index is -0.911. The Balaban J connectivity index is 0.884. The SMILES string of the molecule is O=C1C2CC3CC1CC(C(=O)OCC1(COC(=O)C45CC6CC(C4)C(=O)C(C6)C5)COC4(OC1)C1CC5CC4CC(C(=O)O)(C5)C1)(C3)C2. The van der Waals surface area contributed by atoms with Crippen LogP contribution >= 0.6 is 0 Å². The highest BCUT2D eigenvalue weighted by molar-refractivity contribution is 5.90. The molecule has 12 bridgehead atoms. The van der Waals surface area contributed by atoms with Crippen LogP contribution in [0, 0.1) is 74.9 Å². The molecule has 13 aliphatic rings. The van der Waals surface area contributed by atoms with Crippen LogP contribution in [0.1, 0.15) is 96.3 Å². The summed E-state index contributed by atoms with van der Waals surface area (Å²) >= 11 is 0. The fourth-order valence-corrected chi connectivity index (χ4v) is 14.2. The fraction of sp³-hybridized carbons (Fsp3) is 0.868. The van der Waals surface area contributed by atoms with E-state index in [1.807, 2.05) is 0 Å². The molecule has 1 aliphatic heterocycles. The van der Waals surface area contributed by atoms with Gasteiger partial charge in [0.05, 0.1) is 34.9 Å². The summed E-state index contributed by atoms with van der Waals surface area (Å²) in [5.74, 6) is -0.495. The van der Waals surface area contributed by atoms with Gasteiger partial charge >= 0.3 is 17.9 Å². The molecule has 48 heavy (non-hydrogen) atoms. The van der Waals surface area contributed by atoms with E-state index in [2.05, 4.69) is 0 Å². The predicted octanol–water partition coefficient (Wildman–Crippen LogP) is 4.50. The van der Waals surface area contributed by atoms with Gasteiger partial charge in [-0.05, 0) is 114 Å². The van der Waals surface area contributed by atoms with Gasteiger partial charge in [-0.15, -0.1) is 0 Å². The first-order valence-electron chi connectivity index (χ1n) is 18.9. The van der Waals surface area contributed by atoms with Crippen molar-refractivity contribution < 1.29 is 48.0 Å². The van der Waals surface area contributed by atoms with Crippen molar-refractivity contribution in [3.63, 3.8) is 0 Å². The van der Waals surface area contributed by atoms with Gasteiger partial charge in [-0.1, -0.05) is 0 Å². The second-order valence-electron chi connectivity index (χ2n) is 18.9. The zero-order chi connectivity index (χ0) is 32.8. The van der Waals surface area contributed by atoms with Gasteiger partial charge in [-0.3, -0.25) is 24.0 Å². The molecule has 10 heteroatoms. The number of aliphatic carboxylic acids is 1. The molecule has 13 rings (SSSR count). The Morgan fingerprint density at radius 1 is 0.583 bits per heavy atom. The Hall–Kier alpha value is -2.33. The first-order valence-corrected chi connectivity index (χ1v) is 18.9. The van der Waals surface area contributed by atoms with Crippen LogP contribution in [0.5, 0.6) is 0 Å². The first-order chi connectivity index (χ1) is 22.9. The van der Waals surface area contributed by atoms with Gasteiger partial charge in [0.15, 0.2) is 5.79 Å². The van der Waals surface area contributed by atoms with E-state index in [0.29, 0.717) is 67.8 Å². The fourth-order valence-electron chi connectivity index (χ4n) is 14.2. The number of Topliss-reactive ketones (excluding diaryl/α,β-unsaturated/α-hetero) is 2. The lowest BCUT2D eigenvalue weighted by Crippen LogP contribution is -2.68. The summed E-state index contributed by atoms with van der Waals surface area (Å²) in [4.78, 5) is 66.0. The van der Waals surface area contributed by atoms with Gasteiger partial charge in [0.1, 0.15) is 24.8 Å². The second kappa shape index (κ2) is 9.92. The molecule has 12 aliphatic carbocycles. The lowest BCUT2D eigenvalue weighted by molar-refractivity contribution is -0.391. The van der Waals surface area contributed by atoms with Gasteiger partial charge in [-0.2, -0.15) is 0 Å². The highest BCUT2D eigenvalue weighted by atomic mass is 16.7. The Kier molecular flexibility index (Phi) is 6.30. The molecule has 0 aromatic rings. The summed E-state index contributed by atoms with van der Waals surface area (Å²) in [6.45, 7) is 0.344. The van der Waals surface area contributed by atoms with Crippen molar-refractivity contribution in [1.29, 1.82) is 0 Å². The van der Waals surface area contributed by atoms with Crippen LogP contribution in [-0.4, -0.2) is 66.8 Å². The zero-order valence-corrected chi connectivity index (χ0v) is 27.8. The molecule has 0 amide bonds. The number of carboxylic acids is 1. The van der Waals surface area contributed by atoms with Crippen molar-refractivity contribution in [2.75, 3.05) is 26.4 Å². The van der Waals surface area contributed by atoms with E-state index < -0.39 is 33.4 Å². The van der Waals surface area contributed by atoms with E-state index in [9.17, 15) is 29.1 Å². The van der Waals surface area contributed by atoms with Crippen molar-refractivity contribution >= 4 is 29.5 Å². The van der Waals surface area contributed by atoms with Gasteiger partial charge in [0.25, 0.3) is 0 Å². The molecule has 12 saturated carbocycles. The molecular formula is C38H48O10. The number of ether oxygens (including phenoxy) is 4. The Labute approximate surface area is 280 Å². The molecular weight excluding hydrogens is 616 g/mol. The maximum absolute atomic E-state index is 14.0. The molecule has 0 aromatic carbocycles. The maximum atomic E-state index is 14.0. The van der Waals surface area contributed by atoms with E-state index in [0.717, 1.165) is 57.8 Å². The lowest BCUT2D eigenvalue weighted by Gasteiger charge is -2.64. The van der Waals surface area contributed by atoms with Crippen molar-refractivity contribution in [1.82, 2.24) is 0 Å². The van der Waals surface area contributed by atoms with Gasteiger partial charge in [-0.25, -0.2) is 0 Å². The van der Waals surface area contributed by atoms with Crippen LogP contribution in [0.2, 0.25) is 0 Å². The van der Waals surface area contributed by atoms with Gasteiger partial charge in [0, 0.05) is 35.5 Å². The smallest absolute Gasteiger partial charge is 0.312 e. The Morgan fingerprint density at radius 3 is 1.40 bits per heavy atom. The summed E-state index contributed by atoms with van der Waals surface area (Å²) in [6.07, 6.45) is 10.9. The van der Waals surface area contributed by atoms with Gasteiger partial charge < -0.3 is 24.1 Å². The van der Waals surface area contributed by atoms with E-state index in [4.69, 9.17) is 18.9 Å². The number of carbonyl (C=O) groups excluding carboxylic acids is 4. The molecule has 6 unspecified atom stereocenters. The number of esters is 2. The summed E-state index contributed by atoms with van der Waals surface area (Å²) < 4.78 is 26.0. The number of rotatable bonds is 7. The minimum absolute atomic E-state index is 0.0126. The number of ketones is 2. The van der Waals surface area contributed by atoms with Crippen molar-refractivity contribution in [3.05, 3.63) is 0 Å². The molecule has 1 saturated heterocycles. The second-order valence-corrected chi connectivity index (χ2v) is 18.9. The van der Waals surface area contributed by atoms with Crippen molar-refractivity contribution in [2.24, 2.45) is 74.9 Å². The molecule has 0 radical (unpaired) electrons. The third kappa shape index (κ3) is 4.13. The summed E-state index contributed by atoms with van der Waals surface area (Å²) in [6, 6.07) is 0. The van der Waals surface area contributed by atoms with E-state index in [-0.39, 0.29) is 73.9 Å².